The molecule has 0 bridgehead atoms. The SMILES string of the molecule is CCCn1c(=O)n(Cc2ccc(Cl)cc2)c(=O)c2c1nc(CC)n2C(C)C. The third kappa shape index (κ3) is 3.46. The summed E-state index contributed by atoms with van der Waals surface area (Å²) in [5.74, 6) is 0.825. The van der Waals surface area contributed by atoms with Crippen molar-refractivity contribution in [1.29, 1.82) is 0 Å². The summed E-state index contributed by atoms with van der Waals surface area (Å²) < 4.78 is 4.90. The maximum absolute atomic E-state index is 13.3. The summed E-state index contributed by atoms with van der Waals surface area (Å²) in [6.07, 6.45) is 1.48. The molecule has 0 amide bonds. The molecule has 27 heavy (non-hydrogen) atoms. The van der Waals surface area contributed by atoms with E-state index < -0.39 is 0 Å². The number of halogens is 1. The van der Waals surface area contributed by atoms with Gasteiger partial charge in [0.1, 0.15) is 5.82 Å². The lowest BCUT2D eigenvalue weighted by Crippen LogP contribution is -2.41. The van der Waals surface area contributed by atoms with Gasteiger partial charge in [0.15, 0.2) is 11.2 Å². The van der Waals surface area contributed by atoms with Crippen molar-refractivity contribution < 1.29 is 0 Å². The fraction of sp³-hybridized carbons (Fsp3) is 0.450. The number of hydrogen-bond acceptors (Lipinski definition) is 3. The maximum Gasteiger partial charge on any atom is 0.333 e. The van der Waals surface area contributed by atoms with Gasteiger partial charge in [0, 0.05) is 24.0 Å². The van der Waals surface area contributed by atoms with Crippen molar-refractivity contribution in [3.8, 4) is 0 Å². The highest BCUT2D eigenvalue weighted by atomic mass is 35.5. The summed E-state index contributed by atoms with van der Waals surface area (Å²) in [4.78, 5) is 31.0. The quantitative estimate of drug-likeness (QED) is 0.648. The number of benzene rings is 1. The number of aryl methyl sites for hydroxylation is 2. The van der Waals surface area contributed by atoms with Gasteiger partial charge in [-0.1, -0.05) is 37.6 Å². The first-order valence-corrected chi connectivity index (χ1v) is 9.75. The Morgan fingerprint density at radius 2 is 1.74 bits per heavy atom. The van der Waals surface area contributed by atoms with Crippen molar-refractivity contribution in [3.63, 3.8) is 0 Å². The third-order valence-electron chi connectivity index (χ3n) is 4.66. The molecular weight excluding hydrogens is 364 g/mol. The predicted octanol–water partition coefficient (Wildman–Crippen LogP) is 3.61. The fourth-order valence-corrected chi connectivity index (χ4v) is 3.57. The summed E-state index contributed by atoms with van der Waals surface area (Å²) in [6, 6.07) is 7.27. The molecule has 0 saturated carbocycles. The van der Waals surface area contributed by atoms with E-state index in [4.69, 9.17) is 11.6 Å². The van der Waals surface area contributed by atoms with E-state index in [-0.39, 0.29) is 23.8 Å². The van der Waals surface area contributed by atoms with Gasteiger partial charge in [-0.15, -0.1) is 0 Å². The van der Waals surface area contributed by atoms with Crippen LogP contribution in [0.1, 0.15) is 51.5 Å². The van der Waals surface area contributed by atoms with Gasteiger partial charge in [0.2, 0.25) is 0 Å². The van der Waals surface area contributed by atoms with E-state index >= 15 is 0 Å². The Kier molecular flexibility index (Phi) is 5.56. The Balaban J connectivity index is 2.33. The van der Waals surface area contributed by atoms with Gasteiger partial charge in [0.05, 0.1) is 6.54 Å². The van der Waals surface area contributed by atoms with E-state index in [0.717, 1.165) is 17.8 Å². The molecule has 0 N–H and O–H groups in total. The van der Waals surface area contributed by atoms with Crippen LogP contribution in [-0.4, -0.2) is 18.7 Å². The lowest BCUT2D eigenvalue weighted by Gasteiger charge is -2.14. The third-order valence-corrected chi connectivity index (χ3v) is 4.92. The van der Waals surface area contributed by atoms with E-state index in [0.29, 0.717) is 29.2 Å². The standard InChI is InChI=1S/C20H25ClN4O2/c1-5-11-23-18-17(25(13(3)4)16(6-2)22-18)19(26)24(20(23)27)12-14-7-9-15(21)10-8-14/h7-10,13H,5-6,11-12H2,1-4H3. The van der Waals surface area contributed by atoms with E-state index in [1.54, 1.807) is 16.7 Å². The van der Waals surface area contributed by atoms with Gasteiger partial charge < -0.3 is 4.57 Å². The highest BCUT2D eigenvalue weighted by Crippen LogP contribution is 2.18. The molecule has 0 saturated heterocycles. The predicted molar refractivity (Wildman–Crippen MR) is 109 cm³/mol. The molecule has 3 rings (SSSR count). The van der Waals surface area contributed by atoms with E-state index in [1.807, 2.05) is 44.4 Å². The van der Waals surface area contributed by atoms with Crippen LogP contribution in [0.3, 0.4) is 0 Å². The number of fused-ring (bicyclic) bond motifs is 1. The Hall–Kier alpha value is -2.34. The highest BCUT2D eigenvalue weighted by Gasteiger charge is 2.22. The molecule has 0 aliphatic rings. The van der Waals surface area contributed by atoms with Crippen LogP contribution in [0.4, 0.5) is 0 Å². The molecule has 1 aromatic carbocycles. The van der Waals surface area contributed by atoms with Crippen molar-refractivity contribution in [2.24, 2.45) is 0 Å². The van der Waals surface area contributed by atoms with Gasteiger partial charge in [-0.2, -0.15) is 0 Å². The zero-order valence-corrected chi connectivity index (χ0v) is 17.0. The largest absolute Gasteiger partial charge is 0.333 e. The maximum atomic E-state index is 13.3. The van der Waals surface area contributed by atoms with Gasteiger partial charge in [0.25, 0.3) is 5.56 Å². The van der Waals surface area contributed by atoms with E-state index in [1.165, 1.54) is 4.57 Å². The minimum Gasteiger partial charge on any atom is -0.320 e. The molecule has 144 valence electrons. The molecular formula is C20H25ClN4O2. The second-order valence-corrected chi connectivity index (χ2v) is 7.41. The Labute approximate surface area is 163 Å². The van der Waals surface area contributed by atoms with Crippen molar-refractivity contribution >= 4 is 22.8 Å². The molecule has 3 aromatic rings. The zero-order chi connectivity index (χ0) is 19.7. The number of hydrogen-bond donors (Lipinski definition) is 0. The molecule has 0 aliphatic carbocycles. The summed E-state index contributed by atoms with van der Waals surface area (Å²) in [7, 11) is 0. The van der Waals surface area contributed by atoms with Crippen molar-refractivity contribution in [2.45, 2.75) is 59.7 Å². The van der Waals surface area contributed by atoms with E-state index in [9.17, 15) is 9.59 Å². The van der Waals surface area contributed by atoms with Crippen LogP contribution < -0.4 is 11.2 Å². The molecule has 0 spiro atoms. The normalized spacial score (nSPS) is 11.6. The molecule has 2 aromatic heterocycles. The molecule has 2 heterocycles. The number of rotatable bonds is 6. The monoisotopic (exact) mass is 388 g/mol. The van der Waals surface area contributed by atoms with Gasteiger partial charge in [-0.05, 0) is 38.0 Å². The molecule has 6 nitrogen and oxygen atoms in total. The lowest BCUT2D eigenvalue weighted by molar-refractivity contribution is 0.571. The van der Waals surface area contributed by atoms with Crippen LogP contribution in [0.15, 0.2) is 33.9 Å². The smallest absolute Gasteiger partial charge is 0.320 e. The lowest BCUT2D eigenvalue weighted by atomic mass is 10.2. The molecule has 0 radical (unpaired) electrons. The highest BCUT2D eigenvalue weighted by molar-refractivity contribution is 6.30. The topological polar surface area (TPSA) is 61.8 Å². The van der Waals surface area contributed by atoms with Gasteiger partial charge in [-0.25, -0.2) is 9.78 Å². The first-order valence-electron chi connectivity index (χ1n) is 9.37. The second kappa shape index (κ2) is 7.72. The Morgan fingerprint density at radius 1 is 1.07 bits per heavy atom. The summed E-state index contributed by atoms with van der Waals surface area (Å²) in [5, 5.41) is 0.621. The molecule has 0 atom stereocenters. The average molecular weight is 389 g/mol. The van der Waals surface area contributed by atoms with Crippen molar-refractivity contribution in [1.82, 2.24) is 18.7 Å². The first kappa shape index (κ1) is 19.4. The molecule has 7 heteroatoms. The number of imidazole rings is 1. The molecule has 0 unspecified atom stereocenters. The van der Waals surface area contributed by atoms with Gasteiger partial charge >= 0.3 is 5.69 Å². The van der Waals surface area contributed by atoms with Crippen LogP contribution in [0, 0.1) is 0 Å². The van der Waals surface area contributed by atoms with Gasteiger partial charge in [-0.3, -0.25) is 13.9 Å². The van der Waals surface area contributed by atoms with Crippen LogP contribution in [-0.2, 0) is 19.5 Å². The minimum atomic E-state index is -0.319. The Morgan fingerprint density at radius 3 is 2.30 bits per heavy atom. The summed E-state index contributed by atoms with van der Waals surface area (Å²) in [5.41, 5.74) is 1.24. The Bertz CT molecular complexity index is 1070. The minimum absolute atomic E-state index is 0.0780. The average Bonchev–Trinajstić information content (AvgIpc) is 3.04. The fourth-order valence-electron chi connectivity index (χ4n) is 3.45. The number of aromatic nitrogens is 4. The van der Waals surface area contributed by atoms with E-state index in [2.05, 4.69) is 4.98 Å². The van der Waals surface area contributed by atoms with Crippen molar-refractivity contribution in [2.75, 3.05) is 0 Å². The van der Waals surface area contributed by atoms with Crippen LogP contribution in [0.2, 0.25) is 5.02 Å². The van der Waals surface area contributed by atoms with Crippen LogP contribution in [0.25, 0.3) is 11.2 Å². The zero-order valence-electron chi connectivity index (χ0n) is 16.2. The summed E-state index contributed by atoms with van der Waals surface area (Å²) in [6.45, 7) is 8.80. The molecule has 0 fully saturated rings. The number of nitrogens with zero attached hydrogens (tertiary/aromatic N) is 4. The van der Waals surface area contributed by atoms with Crippen LogP contribution in [0.5, 0.6) is 0 Å². The molecule has 0 aliphatic heterocycles. The summed E-state index contributed by atoms with van der Waals surface area (Å²) >= 11 is 5.95. The van der Waals surface area contributed by atoms with Crippen molar-refractivity contribution in [3.05, 3.63) is 61.5 Å². The second-order valence-electron chi connectivity index (χ2n) is 6.97. The first-order chi connectivity index (χ1) is 12.9. The van der Waals surface area contributed by atoms with Crippen LogP contribution >= 0.6 is 11.6 Å².